The van der Waals surface area contributed by atoms with Crippen LogP contribution in [0.25, 0.3) is 0 Å². The number of phosphoric ester groups is 1. The van der Waals surface area contributed by atoms with Crippen LogP contribution in [0.5, 0.6) is 0 Å². The molecule has 0 amide bonds. The fourth-order valence-corrected chi connectivity index (χ4v) is 7.40. The second-order valence-corrected chi connectivity index (χ2v) is 18.7. The highest BCUT2D eigenvalue weighted by Gasteiger charge is 2.28. The molecule has 0 heterocycles. The second kappa shape index (κ2) is 51.5. The van der Waals surface area contributed by atoms with Gasteiger partial charge in [0.25, 0.3) is 0 Å². The highest BCUT2D eigenvalue weighted by molar-refractivity contribution is 7.47. The summed E-state index contributed by atoms with van der Waals surface area (Å²) in [5.41, 5.74) is 0. The molecule has 12 heteroatoms. The van der Waals surface area contributed by atoms with Gasteiger partial charge in [-0.15, -0.1) is 0 Å². The van der Waals surface area contributed by atoms with E-state index < -0.39 is 57.8 Å². The first-order chi connectivity index (χ1) is 34.2. The van der Waals surface area contributed by atoms with Crippen LogP contribution in [-0.4, -0.2) is 66.5 Å². The van der Waals surface area contributed by atoms with Crippen molar-refractivity contribution < 1.29 is 52.2 Å². The van der Waals surface area contributed by atoms with Crippen molar-refractivity contribution in [2.75, 3.05) is 26.4 Å². The minimum Gasteiger partial charge on any atom is -0.462 e. The third-order valence-electron chi connectivity index (χ3n) is 10.7. The van der Waals surface area contributed by atoms with E-state index in [0.29, 0.717) is 25.7 Å². The van der Waals surface area contributed by atoms with Crippen molar-refractivity contribution >= 4 is 25.7 Å². The third kappa shape index (κ3) is 49.1. The lowest BCUT2D eigenvalue weighted by Gasteiger charge is -2.21. The first kappa shape index (κ1) is 66.1. The number of carbonyl (C=O) groups is 3. The van der Waals surface area contributed by atoms with Crippen LogP contribution in [0.15, 0.2) is 109 Å². The van der Waals surface area contributed by atoms with Gasteiger partial charge in [0.1, 0.15) is 12.7 Å². The first-order valence-electron chi connectivity index (χ1n) is 26.8. The van der Waals surface area contributed by atoms with Gasteiger partial charge in [0, 0.05) is 19.3 Å². The Morgan fingerprint density at radius 3 is 1.21 bits per heavy atom. The van der Waals surface area contributed by atoms with E-state index in [2.05, 4.69) is 118 Å². The number of hydrogen-bond donors (Lipinski definition) is 2. The Morgan fingerprint density at radius 1 is 0.414 bits per heavy atom. The predicted octanol–water partition coefficient (Wildman–Crippen LogP) is 15.5. The number of phosphoric acid groups is 1. The number of esters is 3. The Kier molecular flexibility index (Phi) is 48.7. The zero-order valence-electron chi connectivity index (χ0n) is 43.7. The Hall–Kier alpha value is -3.86. The minimum absolute atomic E-state index is 0.0812. The molecule has 0 aromatic heterocycles. The molecule has 398 valence electrons. The van der Waals surface area contributed by atoms with Gasteiger partial charge in [-0.1, -0.05) is 182 Å². The highest BCUT2D eigenvalue weighted by atomic mass is 31.2. The first-order valence-corrected chi connectivity index (χ1v) is 28.3. The lowest BCUT2D eigenvalue weighted by atomic mass is 10.1. The summed E-state index contributed by atoms with van der Waals surface area (Å²) in [7, 11) is -4.77. The average Bonchev–Trinajstić information content (AvgIpc) is 3.35. The summed E-state index contributed by atoms with van der Waals surface area (Å²) in [5.74, 6) is -1.58. The number of aliphatic hydroxyl groups excluding tert-OH is 1. The molecule has 0 aliphatic carbocycles. The fourth-order valence-electron chi connectivity index (χ4n) is 6.62. The smallest absolute Gasteiger partial charge is 0.462 e. The fraction of sp³-hybridized carbons (Fsp3) is 0.638. The van der Waals surface area contributed by atoms with Crippen LogP contribution in [0.2, 0.25) is 0 Å². The molecule has 0 fully saturated rings. The van der Waals surface area contributed by atoms with E-state index in [1.165, 1.54) is 12.8 Å². The maximum absolute atomic E-state index is 12.9. The number of allylic oxidation sites excluding steroid dienone is 18. The predicted molar refractivity (Wildman–Crippen MR) is 288 cm³/mol. The van der Waals surface area contributed by atoms with Gasteiger partial charge in [-0.2, -0.15) is 0 Å². The number of rotatable bonds is 48. The molecular weight excluding hydrogens is 904 g/mol. The van der Waals surface area contributed by atoms with Gasteiger partial charge in [0.2, 0.25) is 0 Å². The quantitative estimate of drug-likeness (QED) is 0.0197. The van der Waals surface area contributed by atoms with Crippen molar-refractivity contribution in [2.24, 2.45) is 0 Å². The van der Waals surface area contributed by atoms with Gasteiger partial charge in [0.05, 0.1) is 19.8 Å². The van der Waals surface area contributed by atoms with Gasteiger partial charge in [-0.05, 0) is 109 Å². The largest absolute Gasteiger partial charge is 0.472 e. The van der Waals surface area contributed by atoms with E-state index >= 15 is 0 Å². The van der Waals surface area contributed by atoms with Crippen molar-refractivity contribution in [3.8, 4) is 0 Å². The van der Waals surface area contributed by atoms with Gasteiger partial charge in [-0.25, -0.2) is 4.57 Å². The molecule has 0 saturated carbocycles. The maximum Gasteiger partial charge on any atom is 0.472 e. The molecule has 0 saturated heterocycles. The van der Waals surface area contributed by atoms with Crippen LogP contribution >= 0.6 is 7.82 Å². The summed E-state index contributed by atoms with van der Waals surface area (Å²) < 4.78 is 39.3. The van der Waals surface area contributed by atoms with E-state index in [9.17, 15) is 28.9 Å². The molecule has 0 aromatic carbocycles. The molecule has 0 spiro atoms. The molecule has 0 aliphatic heterocycles. The summed E-state index contributed by atoms with van der Waals surface area (Å²) in [6.07, 6.45) is 60.6. The number of unbranched alkanes of at least 4 members (excludes halogenated alkanes) is 13. The van der Waals surface area contributed by atoms with Crippen LogP contribution in [0, 0.1) is 0 Å². The molecule has 2 N–H and O–H groups in total. The van der Waals surface area contributed by atoms with E-state index in [0.717, 1.165) is 122 Å². The van der Waals surface area contributed by atoms with Crippen molar-refractivity contribution in [3.63, 3.8) is 0 Å². The molecule has 0 bridgehead atoms. The summed E-state index contributed by atoms with van der Waals surface area (Å²) >= 11 is 0. The van der Waals surface area contributed by atoms with Crippen molar-refractivity contribution in [1.29, 1.82) is 0 Å². The molecule has 70 heavy (non-hydrogen) atoms. The van der Waals surface area contributed by atoms with Crippen molar-refractivity contribution in [1.82, 2.24) is 0 Å². The number of aliphatic hydroxyl groups is 1. The Bertz CT molecular complexity index is 1590. The minimum atomic E-state index is -4.77. The molecule has 0 aromatic rings. The van der Waals surface area contributed by atoms with Crippen LogP contribution in [-0.2, 0) is 42.2 Å². The zero-order valence-corrected chi connectivity index (χ0v) is 44.6. The van der Waals surface area contributed by atoms with Gasteiger partial charge in [-0.3, -0.25) is 23.4 Å². The SMILES string of the molecule is CC/C=C\C/C=C\C/C=C\C/C=C\C/C=C\CCCC(=O)OC(COC(=O)CCCCCCC/C=C\CCCC)COP(=O)(O)OCC(CO)OC(=O)CCCCCCC/C=C\C/C=C\C/C=C\CC. The van der Waals surface area contributed by atoms with Crippen LogP contribution < -0.4 is 0 Å². The lowest BCUT2D eigenvalue weighted by molar-refractivity contribution is -0.161. The highest BCUT2D eigenvalue weighted by Crippen LogP contribution is 2.43. The van der Waals surface area contributed by atoms with Gasteiger partial charge in [0.15, 0.2) is 6.10 Å². The molecule has 3 atom stereocenters. The topological polar surface area (TPSA) is 155 Å². The summed E-state index contributed by atoms with van der Waals surface area (Å²) in [4.78, 5) is 48.3. The van der Waals surface area contributed by atoms with Gasteiger partial charge < -0.3 is 24.2 Å². The second-order valence-electron chi connectivity index (χ2n) is 17.3. The van der Waals surface area contributed by atoms with Crippen LogP contribution in [0.1, 0.15) is 201 Å². The summed E-state index contributed by atoms with van der Waals surface area (Å²) in [5, 5.41) is 9.79. The normalized spacial score (nSPS) is 14.3. The standard InChI is InChI=1S/C58H95O11P/c1-4-7-10-13-16-19-22-24-26-27-29-31-34-37-40-43-46-49-58(62)69-55(51-65-56(60)47-44-41-38-35-32-21-18-15-12-9-6-3)53-67-70(63,64)66-52-54(50-59)68-57(61)48-45-42-39-36-33-30-28-25-23-20-17-14-11-8-5-2/h7-8,10-11,15-20,24-26,28-29,31,37,40,54-55,59H,4-6,9,12-14,21-23,27,30,32-36,38-39,41-53H2,1-3H3,(H,63,64)/b10-7-,11-8-,18-15-,19-16-,20-17-,26-24-,28-25-,31-29-,40-37-. The van der Waals surface area contributed by atoms with Crippen LogP contribution in [0.4, 0.5) is 0 Å². The zero-order chi connectivity index (χ0) is 51.3. The molecule has 3 unspecified atom stereocenters. The van der Waals surface area contributed by atoms with Crippen molar-refractivity contribution in [3.05, 3.63) is 109 Å². The van der Waals surface area contributed by atoms with E-state index in [-0.39, 0.29) is 25.9 Å². The molecule has 0 radical (unpaired) electrons. The molecule has 11 nitrogen and oxygen atoms in total. The van der Waals surface area contributed by atoms with E-state index in [4.69, 9.17) is 23.3 Å². The Balaban J connectivity index is 4.83. The summed E-state index contributed by atoms with van der Waals surface area (Å²) in [6, 6.07) is 0. The van der Waals surface area contributed by atoms with E-state index in [1.54, 1.807) is 0 Å². The van der Waals surface area contributed by atoms with E-state index in [1.807, 2.05) is 12.2 Å². The molecular formula is C58H95O11P. The average molecular weight is 999 g/mol. The maximum atomic E-state index is 12.9. The monoisotopic (exact) mass is 999 g/mol. The number of carbonyl (C=O) groups excluding carboxylic acids is 3. The Morgan fingerprint density at radius 2 is 0.757 bits per heavy atom. The summed E-state index contributed by atoms with van der Waals surface area (Å²) in [6.45, 7) is 4.26. The Labute approximate surface area is 425 Å². The molecule has 0 rings (SSSR count). The van der Waals surface area contributed by atoms with Gasteiger partial charge >= 0.3 is 25.7 Å². The van der Waals surface area contributed by atoms with Crippen molar-refractivity contribution in [2.45, 2.75) is 213 Å². The van der Waals surface area contributed by atoms with Crippen LogP contribution in [0.3, 0.4) is 0 Å². The number of ether oxygens (including phenoxy) is 3. The molecule has 0 aliphatic rings. The lowest BCUT2D eigenvalue weighted by Crippen LogP contribution is -2.30. The number of hydrogen-bond acceptors (Lipinski definition) is 10. The third-order valence-corrected chi connectivity index (χ3v) is 11.6.